The van der Waals surface area contributed by atoms with Gasteiger partial charge in [0.05, 0.1) is 22.3 Å². The molecule has 0 spiro atoms. The number of ketones is 1. The molecule has 3 fully saturated rings. The molecule has 0 aromatic heterocycles. The Labute approximate surface area is 261 Å². The first-order valence-electron chi connectivity index (χ1n) is 14.4. The quantitative estimate of drug-likeness (QED) is 0.0663. The number of nitrogens with zero attached hydrogens (tertiary/aromatic N) is 3. The van der Waals surface area contributed by atoms with E-state index in [4.69, 9.17) is 16.3 Å². The molecule has 2 saturated carbocycles. The minimum Gasteiger partial charge on any atom is -0.423 e. The summed E-state index contributed by atoms with van der Waals surface area (Å²) in [4.78, 5) is 77.8. The fraction of sp³-hybridized carbons (Fsp3) is 0.242. The van der Waals surface area contributed by atoms with E-state index in [0.717, 1.165) is 16.4 Å². The van der Waals surface area contributed by atoms with Gasteiger partial charge in [-0.25, -0.2) is 9.80 Å². The SMILES string of the molecule is O=C(CN(C(=O)c1ccc(Cl)cc1)N1C(=O)[C@@H]2[C@H]3C=C[C@@H]([C@@H]4C[C@H]34)[C@@H]2C1=O)c1ccc(OC(=O)c2ccc([N+](=O)[O-])cc2)cc1. The Balaban J connectivity index is 1.11. The number of rotatable bonds is 8. The van der Waals surface area contributed by atoms with E-state index in [0.29, 0.717) is 16.9 Å². The Morgan fingerprint density at radius 1 is 0.822 bits per heavy atom. The van der Waals surface area contributed by atoms with E-state index in [2.05, 4.69) is 0 Å². The lowest BCUT2D eigenvalue weighted by molar-refractivity contribution is -0.384. The van der Waals surface area contributed by atoms with Gasteiger partial charge in [-0.05, 0) is 90.8 Å². The lowest BCUT2D eigenvalue weighted by Crippen LogP contribution is -2.52. The number of hydrazine groups is 1. The monoisotopic (exact) mass is 625 g/mol. The number of imide groups is 1. The Kier molecular flexibility index (Phi) is 6.85. The third kappa shape index (κ3) is 4.89. The van der Waals surface area contributed by atoms with Crippen LogP contribution in [0.4, 0.5) is 5.69 Å². The molecule has 226 valence electrons. The summed E-state index contributed by atoms with van der Waals surface area (Å²) in [5, 5.41) is 13.1. The van der Waals surface area contributed by atoms with Crippen LogP contribution < -0.4 is 4.74 Å². The summed E-state index contributed by atoms with van der Waals surface area (Å²) in [6.45, 7) is -0.587. The molecule has 8 rings (SSSR count). The lowest BCUT2D eigenvalue weighted by atomic mass is 9.63. The maximum Gasteiger partial charge on any atom is 0.343 e. The molecule has 2 bridgehead atoms. The highest BCUT2D eigenvalue weighted by Gasteiger charge is 2.68. The number of allylic oxidation sites excluding steroid dienone is 2. The van der Waals surface area contributed by atoms with Crippen LogP contribution in [0.3, 0.4) is 0 Å². The second-order valence-electron chi connectivity index (χ2n) is 11.7. The van der Waals surface area contributed by atoms with Crippen LogP contribution >= 0.6 is 11.6 Å². The van der Waals surface area contributed by atoms with Gasteiger partial charge in [0.2, 0.25) is 0 Å². The number of esters is 1. The molecule has 1 aliphatic heterocycles. The Morgan fingerprint density at radius 2 is 1.36 bits per heavy atom. The number of amides is 3. The molecule has 12 heteroatoms. The van der Waals surface area contributed by atoms with Crippen LogP contribution in [0.25, 0.3) is 0 Å². The number of ether oxygens (including phenoxy) is 1. The van der Waals surface area contributed by atoms with Crippen molar-refractivity contribution in [3.8, 4) is 5.75 Å². The minimum absolute atomic E-state index is 0.0594. The second kappa shape index (κ2) is 10.8. The number of non-ortho nitro benzene ring substituents is 1. The van der Waals surface area contributed by atoms with Gasteiger partial charge in [-0.1, -0.05) is 23.8 Å². The van der Waals surface area contributed by atoms with E-state index in [1.165, 1.54) is 72.8 Å². The second-order valence-corrected chi connectivity index (χ2v) is 12.1. The van der Waals surface area contributed by atoms with Gasteiger partial charge in [0.25, 0.3) is 23.4 Å². The molecule has 45 heavy (non-hydrogen) atoms. The molecule has 11 nitrogen and oxygen atoms in total. The maximum atomic E-state index is 13.8. The van der Waals surface area contributed by atoms with Crippen LogP contribution in [0, 0.1) is 45.6 Å². The predicted molar refractivity (Wildman–Crippen MR) is 158 cm³/mol. The molecule has 0 N–H and O–H groups in total. The van der Waals surface area contributed by atoms with Crippen molar-refractivity contribution in [1.29, 1.82) is 0 Å². The summed E-state index contributed by atoms with van der Waals surface area (Å²) in [5.74, 6) is -3.33. The zero-order valence-electron chi connectivity index (χ0n) is 23.4. The highest BCUT2D eigenvalue weighted by molar-refractivity contribution is 6.30. The van der Waals surface area contributed by atoms with Crippen LogP contribution in [-0.4, -0.2) is 51.0 Å². The Hall–Kier alpha value is -5.16. The van der Waals surface area contributed by atoms with Gasteiger partial charge in [-0.3, -0.25) is 29.3 Å². The predicted octanol–water partition coefficient (Wildman–Crippen LogP) is 4.76. The third-order valence-corrected chi connectivity index (χ3v) is 9.45. The van der Waals surface area contributed by atoms with Crippen molar-refractivity contribution in [2.45, 2.75) is 6.42 Å². The third-order valence-electron chi connectivity index (χ3n) is 9.20. The molecule has 6 atom stereocenters. The summed E-state index contributed by atoms with van der Waals surface area (Å²) in [6, 6.07) is 16.4. The molecule has 1 saturated heterocycles. The summed E-state index contributed by atoms with van der Waals surface area (Å²) >= 11 is 6.01. The van der Waals surface area contributed by atoms with Gasteiger partial charge in [0, 0.05) is 28.3 Å². The van der Waals surface area contributed by atoms with Crippen molar-refractivity contribution < 1.29 is 33.6 Å². The summed E-state index contributed by atoms with van der Waals surface area (Å²) in [5.41, 5.74) is 0.229. The zero-order valence-corrected chi connectivity index (χ0v) is 24.2. The van der Waals surface area contributed by atoms with Crippen LogP contribution in [0.15, 0.2) is 84.9 Å². The van der Waals surface area contributed by atoms with E-state index in [1.807, 2.05) is 12.2 Å². The first-order valence-corrected chi connectivity index (χ1v) is 14.7. The maximum absolute atomic E-state index is 13.8. The van der Waals surface area contributed by atoms with E-state index in [9.17, 15) is 34.1 Å². The highest BCUT2D eigenvalue weighted by atomic mass is 35.5. The molecule has 5 aliphatic rings. The Bertz CT molecular complexity index is 1770. The van der Waals surface area contributed by atoms with E-state index in [1.54, 1.807) is 0 Å². The molecule has 3 aromatic carbocycles. The van der Waals surface area contributed by atoms with Crippen LogP contribution in [-0.2, 0) is 9.59 Å². The first-order chi connectivity index (χ1) is 21.6. The Morgan fingerprint density at radius 3 is 1.91 bits per heavy atom. The standard InChI is InChI=1S/C33H24ClN3O8/c34-20-7-1-18(2-8-20)30(39)35(36-31(40)28-23-13-14-24(26-15-25(23)26)29(28)32(36)41)16-27(38)17-5-11-22(12-6-17)45-33(42)19-3-9-21(10-4-19)37(43)44/h1-14,23-26,28-29H,15-16H2/t23-,24-,25-,26+,28-,29+/m0/s1. The molecule has 4 aliphatic carbocycles. The van der Waals surface area contributed by atoms with Gasteiger partial charge in [0.1, 0.15) is 12.3 Å². The fourth-order valence-corrected chi connectivity index (χ4v) is 7.10. The summed E-state index contributed by atoms with van der Waals surface area (Å²) in [6.07, 6.45) is 5.05. The number of Topliss-reactive ketones (excluding diaryl/α,β-unsaturated/α-hetero) is 1. The van der Waals surface area contributed by atoms with E-state index >= 15 is 0 Å². The fourth-order valence-electron chi connectivity index (χ4n) is 6.98. The summed E-state index contributed by atoms with van der Waals surface area (Å²) < 4.78 is 5.33. The van der Waals surface area contributed by atoms with Gasteiger partial charge in [-0.15, -0.1) is 0 Å². The van der Waals surface area contributed by atoms with E-state index < -0.39 is 52.8 Å². The van der Waals surface area contributed by atoms with E-state index in [-0.39, 0.29) is 40.0 Å². The zero-order chi connectivity index (χ0) is 31.6. The van der Waals surface area contributed by atoms with Crippen molar-refractivity contribution >= 4 is 46.8 Å². The number of hydrogen-bond acceptors (Lipinski definition) is 8. The van der Waals surface area contributed by atoms with Gasteiger partial charge >= 0.3 is 5.97 Å². The molecule has 0 radical (unpaired) electrons. The average molecular weight is 626 g/mol. The summed E-state index contributed by atoms with van der Waals surface area (Å²) in [7, 11) is 0. The van der Waals surface area contributed by atoms with Crippen LogP contribution in [0.2, 0.25) is 5.02 Å². The highest BCUT2D eigenvalue weighted by Crippen LogP contribution is 2.65. The first kappa shape index (κ1) is 28.6. The van der Waals surface area contributed by atoms with Crippen molar-refractivity contribution in [3.63, 3.8) is 0 Å². The van der Waals surface area contributed by atoms with Crippen molar-refractivity contribution in [3.05, 3.63) is 117 Å². The number of halogens is 1. The molecular formula is C33H24ClN3O8. The van der Waals surface area contributed by atoms with Crippen molar-refractivity contribution in [2.24, 2.45) is 35.5 Å². The normalized spacial score (nSPS) is 25.4. The number of carbonyl (C=O) groups is 5. The number of nitro groups is 1. The molecular weight excluding hydrogens is 602 g/mol. The average Bonchev–Trinajstić information content (AvgIpc) is 3.83. The largest absolute Gasteiger partial charge is 0.423 e. The number of carbonyl (C=O) groups excluding carboxylic acids is 5. The molecule has 3 aromatic rings. The molecule has 0 unspecified atom stereocenters. The smallest absolute Gasteiger partial charge is 0.343 e. The van der Waals surface area contributed by atoms with Crippen molar-refractivity contribution in [2.75, 3.05) is 6.54 Å². The number of hydrogen-bond donors (Lipinski definition) is 0. The lowest BCUT2D eigenvalue weighted by Gasteiger charge is -2.37. The van der Waals surface area contributed by atoms with Gasteiger partial charge in [-0.2, -0.15) is 5.01 Å². The number of benzene rings is 3. The van der Waals surface area contributed by atoms with Crippen LogP contribution in [0.1, 0.15) is 37.5 Å². The van der Waals surface area contributed by atoms with Gasteiger partial charge < -0.3 is 4.74 Å². The minimum atomic E-state index is -0.752. The topological polar surface area (TPSA) is 144 Å². The molecule has 1 heterocycles. The van der Waals surface area contributed by atoms with Crippen LogP contribution in [0.5, 0.6) is 5.75 Å². The molecule has 3 amide bonds. The van der Waals surface area contributed by atoms with Crippen molar-refractivity contribution in [1.82, 2.24) is 10.0 Å². The van der Waals surface area contributed by atoms with Gasteiger partial charge in [0.15, 0.2) is 5.78 Å². The number of nitro benzene ring substituents is 1.